The quantitative estimate of drug-likeness (QED) is 0.217. The first-order valence-corrected chi connectivity index (χ1v) is 9.01. The molecule has 0 aliphatic rings. The molecule has 0 fully saturated rings. The molecule has 0 N–H and O–H groups in total. The Morgan fingerprint density at radius 3 is 1.95 bits per heavy atom. The number of carbonyl (C=O) groups excluding carboxylic acids is 1. The Bertz CT molecular complexity index is 256. The van der Waals surface area contributed by atoms with E-state index in [1.165, 1.54) is 51.4 Å². The lowest BCUT2D eigenvalue weighted by Gasteiger charge is -2.06. The normalized spacial score (nSPS) is 11.4. The first-order valence-electron chi connectivity index (χ1n) is 9.01. The topological polar surface area (TPSA) is 26.3 Å². The Morgan fingerprint density at radius 2 is 1.38 bits per heavy atom. The number of rotatable bonds is 14. The number of allylic oxidation sites excluding steroid dienone is 2. The van der Waals surface area contributed by atoms with Gasteiger partial charge >= 0.3 is 5.97 Å². The van der Waals surface area contributed by atoms with Crippen LogP contribution >= 0.6 is 0 Å². The van der Waals surface area contributed by atoms with Crippen LogP contribution in [0.2, 0.25) is 0 Å². The van der Waals surface area contributed by atoms with Gasteiger partial charge in [0.05, 0.1) is 6.10 Å². The SMILES string of the molecule is CCCCCCCCC/C=C\CCCCC(=O)OC(C)C. The Morgan fingerprint density at radius 1 is 0.857 bits per heavy atom. The summed E-state index contributed by atoms with van der Waals surface area (Å²) in [6.07, 6.45) is 19.1. The zero-order valence-electron chi connectivity index (χ0n) is 14.5. The molecule has 0 unspecified atom stereocenters. The number of unbranched alkanes of at least 4 members (excludes halogenated alkanes) is 9. The van der Waals surface area contributed by atoms with Gasteiger partial charge in [-0.25, -0.2) is 0 Å². The van der Waals surface area contributed by atoms with Crippen molar-refractivity contribution in [2.24, 2.45) is 0 Å². The highest BCUT2D eigenvalue weighted by Gasteiger charge is 2.03. The minimum absolute atomic E-state index is 0.0133. The second-order valence-corrected chi connectivity index (χ2v) is 6.17. The zero-order valence-corrected chi connectivity index (χ0v) is 14.5. The summed E-state index contributed by atoms with van der Waals surface area (Å²) in [6.45, 7) is 6.05. The summed E-state index contributed by atoms with van der Waals surface area (Å²) in [5, 5.41) is 0. The predicted molar refractivity (Wildman–Crippen MR) is 91.4 cm³/mol. The highest BCUT2D eigenvalue weighted by Crippen LogP contribution is 2.09. The van der Waals surface area contributed by atoms with E-state index >= 15 is 0 Å². The van der Waals surface area contributed by atoms with Gasteiger partial charge < -0.3 is 4.74 Å². The van der Waals surface area contributed by atoms with Gasteiger partial charge in [-0.1, -0.05) is 57.6 Å². The van der Waals surface area contributed by atoms with E-state index in [-0.39, 0.29) is 12.1 Å². The van der Waals surface area contributed by atoms with Crippen molar-refractivity contribution in [3.05, 3.63) is 12.2 Å². The molecule has 2 nitrogen and oxygen atoms in total. The van der Waals surface area contributed by atoms with Crippen LogP contribution in [0.4, 0.5) is 0 Å². The van der Waals surface area contributed by atoms with Crippen molar-refractivity contribution in [3.63, 3.8) is 0 Å². The summed E-state index contributed by atoms with van der Waals surface area (Å²) in [5.41, 5.74) is 0. The molecule has 0 aromatic carbocycles. The van der Waals surface area contributed by atoms with Gasteiger partial charge in [0, 0.05) is 6.42 Å². The molecule has 0 atom stereocenters. The fourth-order valence-electron chi connectivity index (χ4n) is 2.31. The number of hydrogen-bond acceptors (Lipinski definition) is 2. The van der Waals surface area contributed by atoms with E-state index in [0.29, 0.717) is 6.42 Å². The fourth-order valence-corrected chi connectivity index (χ4v) is 2.31. The molecule has 21 heavy (non-hydrogen) atoms. The van der Waals surface area contributed by atoms with Crippen LogP contribution in [0.1, 0.15) is 97.8 Å². The molecular weight excluding hydrogens is 260 g/mol. The van der Waals surface area contributed by atoms with Gasteiger partial charge in [-0.05, 0) is 46.0 Å². The van der Waals surface area contributed by atoms with Gasteiger partial charge in [0.25, 0.3) is 0 Å². The number of hydrogen-bond donors (Lipinski definition) is 0. The van der Waals surface area contributed by atoms with Crippen molar-refractivity contribution < 1.29 is 9.53 Å². The molecule has 0 bridgehead atoms. The molecule has 0 aromatic rings. The summed E-state index contributed by atoms with van der Waals surface area (Å²) in [4.78, 5) is 11.3. The average molecular weight is 296 g/mol. The maximum absolute atomic E-state index is 11.3. The Kier molecular flexibility index (Phi) is 15.0. The monoisotopic (exact) mass is 296 g/mol. The van der Waals surface area contributed by atoms with Crippen molar-refractivity contribution in [1.29, 1.82) is 0 Å². The number of carbonyl (C=O) groups is 1. The summed E-state index contributed by atoms with van der Waals surface area (Å²) in [7, 11) is 0. The first-order chi connectivity index (χ1) is 10.2. The van der Waals surface area contributed by atoms with Crippen molar-refractivity contribution in [3.8, 4) is 0 Å². The van der Waals surface area contributed by atoms with Gasteiger partial charge in [0.1, 0.15) is 0 Å². The average Bonchev–Trinajstić information content (AvgIpc) is 2.43. The van der Waals surface area contributed by atoms with Crippen molar-refractivity contribution in [2.45, 2.75) is 104 Å². The molecule has 0 aromatic heterocycles. The van der Waals surface area contributed by atoms with Crippen molar-refractivity contribution in [1.82, 2.24) is 0 Å². The molecule has 0 radical (unpaired) electrons. The van der Waals surface area contributed by atoms with Crippen molar-refractivity contribution in [2.75, 3.05) is 0 Å². The second kappa shape index (κ2) is 15.6. The van der Waals surface area contributed by atoms with Crippen LogP contribution in [0.5, 0.6) is 0 Å². The van der Waals surface area contributed by atoms with Crippen LogP contribution in [-0.4, -0.2) is 12.1 Å². The van der Waals surface area contributed by atoms with E-state index in [1.807, 2.05) is 13.8 Å². The Labute approximate surface area is 132 Å². The third-order valence-corrected chi connectivity index (χ3v) is 3.51. The molecule has 0 spiro atoms. The van der Waals surface area contributed by atoms with Gasteiger partial charge in [0.15, 0.2) is 0 Å². The van der Waals surface area contributed by atoms with Crippen molar-refractivity contribution >= 4 is 5.97 Å². The summed E-state index contributed by atoms with van der Waals surface area (Å²) in [5.74, 6) is -0.0583. The largest absolute Gasteiger partial charge is 0.463 e. The summed E-state index contributed by atoms with van der Waals surface area (Å²) in [6, 6.07) is 0. The minimum Gasteiger partial charge on any atom is -0.463 e. The van der Waals surface area contributed by atoms with Crippen LogP contribution in [0.15, 0.2) is 12.2 Å². The van der Waals surface area contributed by atoms with Gasteiger partial charge in [0.2, 0.25) is 0 Å². The molecule has 0 aliphatic heterocycles. The molecule has 0 saturated heterocycles. The molecular formula is C19H36O2. The van der Waals surface area contributed by atoms with Gasteiger partial charge in [-0.2, -0.15) is 0 Å². The van der Waals surface area contributed by atoms with Crippen LogP contribution in [0.3, 0.4) is 0 Å². The van der Waals surface area contributed by atoms with E-state index in [1.54, 1.807) is 0 Å². The lowest BCUT2D eigenvalue weighted by atomic mass is 10.1. The van der Waals surface area contributed by atoms with E-state index in [0.717, 1.165) is 19.3 Å². The first kappa shape index (κ1) is 20.2. The molecule has 2 heteroatoms. The maximum Gasteiger partial charge on any atom is 0.306 e. The van der Waals surface area contributed by atoms with Crippen LogP contribution in [-0.2, 0) is 9.53 Å². The fraction of sp³-hybridized carbons (Fsp3) is 0.842. The van der Waals surface area contributed by atoms with Gasteiger partial charge in [-0.3, -0.25) is 4.79 Å². The minimum atomic E-state index is -0.0583. The Balaban J connectivity index is 3.20. The number of ether oxygens (including phenoxy) is 1. The molecule has 0 saturated carbocycles. The highest BCUT2D eigenvalue weighted by atomic mass is 16.5. The summed E-state index contributed by atoms with van der Waals surface area (Å²) < 4.78 is 5.10. The van der Waals surface area contributed by atoms with E-state index in [2.05, 4.69) is 19.1 Å². The second-order valence-electron chi connectivity index (χ2n) is 6.17. The summed E-state index contributed by atoms with van der Waals surface area (Å²) >= 11 is 0. The number of esters is 1. The lowest BCUT2D eigenvalue weighted by molar-refractivity contribution is -0.147. The molecule has 124 valence electrons. The zero-order chi connectivity index (χ0) is 15.8. The van der Waals surface area contributed by atoms with E-state index < -0.39 is 0 Å². The predicted octanol–water partition coefficient (Wildman–Crippen LogP) is 6.20. The van der Waals surface area contributed by atoms with E-state index in [4.69, 9.17) is 4.74 Å². The third kappa shape index (κ3) is 17.2. The van der Waals surface area contributed by atoms with Crippen LogP contribution < -0.4 is 0 Å². The molecule has 0 heterocycles. The van der Waals surface area contributed by atoms with Gasteiger partial charge in [-0.15, -0.1) is 0 Å². The maximum atomic E-state index is 11.3. The smallest absolute Gasteiger partial charge is 0.306 e. The highest BCUT2D eigenvalue weighted by molar-refractivity contribution is 5.69. The van der Waals surface area contributed by atoms with E-state index in [9.17, 15) is 4.79 Å². The molecule has 0 aliphatic carbocycles. The standard InChI is InChI=1S/C19H36O2/c1-4-5-6-7-8-9-10-11-12-13-14-15-16-17-19(20)21-18(2)3/h12-13,18H,4-11,14-17H2,1-3H3/b13-12-. The van der Waals surface area contributed by atoms with Crippen LogP contribution in [0.25, 0.3) is 0 Å². The molecule has 0 rings (SSSR count). The van der Waals surface area contributed by atoms with Crippen LogP contribution in [0, 0.1) is 0 Å². The Hall–Kier alpha value is -0.790. The lowest BCUT2D eigenvalue weighted by Crippen LogP contribution is -2.10. The molecule has 0 amide bonds. The third-order valence-electron chi connectivity index (χ3n) is 3.51.